The van der Waals surface area contributed by atoms with Crippen molar-refractivity contribution >= 4 is 5.91 Å². The maximum Gasteiger partial charge on any atom is 0.245 e. The van der Waals surface area contributed by atoms with Crippen molar-refractivity contribution in [3.05, 3.63) is 0 Å². The molecule has 6 heteroatoms. The molecule has 0 aliphatic carbocycles. The van der Waals surface area contributed by atoms with Crippen LogP contribution in [0.3, 0.4) is 0 Å². The van der Waals surface area contributed by atoms with Crippen LogP contribution in [0.1, 0.15) is 0 Å². The van der Waals surface area contributed by atoms with Crippen molar-refractivity contribution in [1.29, 1.82) is 0 Å². The van der Waals surface area contributed by atoms with Crippen LogP contribution in [0.5, 0.6) is 0 Å². The van der Waals surface area contributed by atoms with Crippen LogP contribution < -0.4 is 5.32 Å². The Morgan fingerprint density at radius 1 is 1.07 bits per heavy atom. The highest BCUT2D eigenvalue weighted by Gasteiger charge is 2.03. The summed E-state index contributed by atoms with van der Waals surface area (Å²) in [5, 5.41) is 28.2. The van der Waals surface area contributed by atoms with Gasteiger partial charge in [0.2, 0.25) is 5.91 Å². The van der Waals surface area contributed by atoms with E-state index in [1.807, 2.05) is 4.90 Å². The van der Waals surface area contributed by atoms with Gasteiger partial charge in [-0.15, -0.1) is 0 Å². The third-order valence-electron chi connectivity index (χ3n) is 1.73. The van der Waals surface area contributed by atoms with Crippen LogP contribution in [0.25, 0.3) is 0 Å². The van der Waals surface area contributed by atoms with E-state index in [-0.39, 0.29) is 13.2 Å². The second-order valence-corrected chi connectivity index (χ2v) is 2.80. The molecule has 6 nitrogen and oxygen atoms in total. The zero-order valence-corrected chi connectivity index (χ0v) is 8.15. The van der Waals surface area contributed by atoms with E-state index in [0.29, 0.717) is 26.2 Å². The number of amides is 1. The molecule has 0 unspecified atom stereocenters. The molecule has 14 heavy (non-hydrogen) atoms. The lowest BCUT2D eigenvalue weighted by Crippen LogP contribution is -2.38. The Kier molecular flexibility index (Phi) is 8.45. The lowest BCUT2D eigenvalue weighted by molar-refractivity contribution is -0.123. The van der Waals surface area contributed by atoms with E-state index in [0.717, 1.165) is 0 Å². The first kappa shape index (κ1) is 13.3. The molecule has 0 aromatic rings. The molecule has 0 heterocycles. The fourth-order valence-electron chi connectivity index (χ4n) is 1.03. The van der Waals surface area contributed by atoms with Crippen molar-refractivity contribution in [2.75, 3.05) is 46.0 Å². The van der Waals surface area contributed by atoms with Gasteiger partial charge in [0.25, 0.3) is 0 Å². The molecule has 0 atom stereocenters. The third-order valence-corrected chi connectivity index (χ3v) is 1.73. The summed E-state index contributed by atoms with van der Waals surface area (Å²) in [4.78, 5) is 12.4. The van der Waals surface area contributed by atoms with Gasteiger partial charge in [0, 0.05) is 26.2 Å². The van der Waals surface area contributed by atoms with E-state index >= 15 is 0 Å². The quantitative estimate of drug-likeness (QED) is 0.349. The normalized spacial score (nSPS) is 10.6. The van der Waals surface area contributed by atoms with Crippen LogP contribution in [0.4, 0.5) is 0 Å². The monoisotopic (exact) mass is 206 g/mol. The molecule has 0 aromatic carbocycles. The predicted molar refractivity (Wildman–Crippen MR) is 50.7 cm³/mol. The fraction of sp³-hybridized carbons (Fsp3) is 0.875. The van der Waals surface area contributed by atoms with Gasteiger partial charge in [0.05, 0.1) is 13.2 Å². The molecule has 0 bridgehead atoms. The first-order valence-corrected chi connectivity index (χ1v) is 4.56. The fourth-order valence-corrected chi connectivity index (χ4v) is 1.03. The highest BCUT2D eigenvalue weighted by Crippen LogP contribution is 1.85. The van der Waals surface area contributed by atoms with Crippen LogP contribution in [0.2, 0.25) is 0 Å². The number of aliphatic hydroxyl groups is 3. The minimum Gasteiger partial charge on any atom is -0.395 e. The summed E-state index contributed by atoms with van der Waals surface area (Å²) in [7, 11) is 0. The number of carbonyl (C=O) groups is 1. The number of carbonyl (C=O) groups excluding carboxylic acids is 1. The summed E-state index contributed by atoms with van der Waals surface area (Å²) in [6, 6.07) is 0. The largest absolute Gasteiger partial charge is 0.395 e. The zero-order chi connectivity index (χ0) is 10.8. The lowest BCUT2D eigenvalue weighted by Gasteiger charge is -2.19. The molecular weight excluding hydrogens is 188 g/mol. The average molecular weight is 206 g/mol. The van der Waals surface area contributed by atoms with Crippen molar-refractivity contribution in [3.63, 3.8) is 0 Å². The highest BCUT2D eigenvalue weighted by atomic mass is 16.3. The van der Waals surface area contributed by atoms with Crippen molar-refractivity contribution < 1.29 is 20.1 Å². The summed E-state index contributed by atoms with van der Waals surface area (Å²) in [6.45, 7) is 1.42. The average Bonchev–Trinajstić information content (AvgIpc) is 2.18. The summed E-state index contributed by atoms with van der Waals surface area (Å²) in [5.41, 5.74) is 0. The van der Waals surface area contributed by atoms with E-state index in [1.165, 1.54) is 0 Å². The van der Waals surface area contributed by atoms with E-state index in [2.05, 4.69) is 5.32 Å². The Hall–Kier alpha value is -0.690. The highest BCUT2D eigenvalue weighted by molar-refractivity contribution is 5.76. The van der Waals surface area contributed by atoms with Crippen LogP contribution in [0, 0.1) is 0 Å². The molecule has 0 fully saturated rings. The van der Waals surface area contributed by atoms with Gasteiger partial charge in [-0.05, 0) is 0 Å². The van der Waals surface area contributed by atoms with Crippen molar-refractivity contribution in [2.24, 2.45) is 0 Å². The van der Waals surface area contributed by atoms with E-state index in [1.54, 1.807) is 0 Å². The number of rotatable bonds is 8. The number of aliphatic hydroxyl groups excluding tert-OH is 3. The lowest BCUT2D eigenvalue weighted by atomic mass is 10.4. The number of hydrogen-bond donors (Lipinski definition) is 4. The third kappa shape index (κ3) is 6.79. The van der Waals surface area contributed by atoms with E-state index < -0.39 is 12.5 Å². The van der Waals surface area contributed by atoms with Crippen LogP contribution in [-0.2, 0) is 4.79 Å². The Morgan fingerprint density at radius 2 is 1.64 bits per heavy atom. The van der Waals surface area contributed by atoms with Gasteiger partial charge in [-0.2, -0.15) is 0 Å². The number of hydrogen-bond acceptors (Lipinski definition) is 5. The molecule has 0 spiro atoms. The summed E-state index contributed by atoms with van der Waals surface area (Å²) < 4.78 is 0. The van der Waals surface area contributed by atoms with Gasteiger partial charge in [0.1, 0.15) is 6.61 Å². The van der Waals surface area contributed by atoms with E-state index in [4.69, 9.17) is 15.3 Å². The maximum absolute atomic E-state index is 10.6. The Balaban J connectivity index is 3.54. The Morgan fingerprint density at radius 3 is 2.07 bits per heavy atom. The molecule has 4 N–H and O–H groups in total. The van der Waals surface area contributed by atoms with Gasteiger partial charge in [0.15, 0.2) is 0 Å². The molecule has 84 valence electrons. The molecule has 0 aromatic heterocycles. The molecule has 0 rings (SSSR count). The summed E-state index contributed by atoms with van der Waals surface area (Å²) in [5.74, 6) is -0.419. The predicted octanol–water partition coefficient (Wildman–Crippen LogP) is -2.62. The molecular formula is C8H18N2O4. The first-order chi connectivity index (χ1) is 6.74. The Labute approximate surface area is 83.1 Å². The van der Waals surface area contributed by atoms with E-state index in [9.17, 15) is 4.79 Å². The van der Waals surface area contributed by atoms with Gasteiger partial charge in [-0.3, -0.25) is 9.69 Å². The summed E-state index contributed by atoms with van der Waals surface area (Å²) >= 11 is 0. The van der Waals surface area contributed by atoms with Gasteiger partial charge < -0.3 is 20.6 Å². The summed E-state index contributed by atoms with van der Waals surface area (Å²) in [6.07, 6.45) is 0. The van der Waals surface area contributed by atoms with Crippen LogP contribution >= 0.6 is 0 Å². The molecule has 0 radical (unpaired) electrons. The SMILES string of the molecule is O=C(CO)NCCN(CCO)CCO. The van der Waals surface area contributed by atoms with Gasteiger partial charge in [-0.25, -0.2) is 0 Å². The second-order valence-electron chi connectivity index (χ2n) is 2.80. The molecule has 0 aliphatic heterocycles. The molecule has 0 saturated carbocycles. The molecule has 1 amide bonds. The topological polar surface area (TPSA) is 93.0 Å². The smallest absolute Gasteiger partial charge is 0.245 e. The van der Waals surface area contributed by atoms with Gasteiger partial charge in [-0.1, -0.05) is 0 Å². The first-order valence-electron chi connectivity index (χ1n) is 4.56. The van der Waals surface area contributed by atoms with Crippen molar-refractivity contribution in [1.82, 2.24) is 10.2 Å². The standard InChI is InChI=1S/C8H18N2O4/c11-5-3-10(4-6-12)2-1-9-8(14)7-13/h11-13H,1-7H2,(H,9,14). The minimum atomic E-state index is -0.514. The minimum absolute atomic E-state index is 0.0218. The van der Waals surface area contributed by atoms with Crippen LogP contribution in [-0.4, -0.2) is 72.1 Å². The van der Waals surface area contributed by atoms with Crippen molar-refractivity contribution in [3.8, 4) is 0 Å². The van der Waals surface area contributed by atoms with Gasteiger partial charge >= 0.3 is 0 Å². The molecule has 0 aliphatic rings. The Bertz CT molecular complexity index is 148. The maximum atomic E-state index is 10.6. The number of nitrogens with zero attached hydrogens (tertiary/aromatic N) is 1. The van der Waals surface area contributed by atoms with Crippen molar-refractivity contribution in [2.45, 2.75) is 0 Å². The zero-order valence-electron chi connectivity index (χ0n) is 8.15. The molecule has 0 saturated heterocycles. The second kappa shape index (κ2) is 8.89. The van der Waals surface area contributed by atoms with Crippen LogP contribution in [0.15, 0.2) is 0 Å². The number of nitrogens with one attached hydrogen (secondary N) is 1.